The SMILES string of the molecule is Cc1nc(C)c(C(C)NCc2cccc(Cl)c2F)s1. The Bertz CT molecular complexity index is 583. The molecule has 1 atom stereocenters. The van der Waals surface area contributed by atoms with Crippen molar-refractivity contribution in [2.45, 2.75) is 33.4 Å². The van der Waals surface area contributed by atoms with Gasteiger partial charge < -0.3 is 5.32 Å². The van der Waals surface area contributed by atoms with Crippen molar-refractivity contribution >= 4 is 22.9 Å². The number of hydrogen-bond acceptors (Lipinski definition) is 3. The summed E-state index contributed by atoms with van der Waals surface area (Å²) in [5.74, 6) is -0.346. The molecule has 0 spiro atoms. The van der Waals surface area contributed by atoms with Gasteiger partial charge in [0.1, 0.15) is 5.82 Å². The predicted molar refractivity (Wildman–Crippen MR) is 78.3 cm³/mol. The summed E-state index contributed by atoms with van der Waals surface area (Å²) in [7, 11) is 0. The minimum Gasteiger partial charge on any atom is -0.305 e. The van der Waals surface area contributed by atoms with E-state index in [1.165, 1.54) is 4.88 Å². The molecule has 0 fully saturated rings. The number of thiazole rings is 1. The lowest BCUT2D eigenvalue weighted by atomic mass is 10.2. The lowest BCUT2D eigenvalue weighted by molar-refractivity contribution is 0.547. The van der Waals surface area contributed by atoms with E-state index in [9.17, 15) is 4.39 Å². The fourth-order valence-corrected chi connectivity index (χ4v) is 3.14. The normalized spacial score (nSPS) is 12.7. The molecule has 2 aromatic rings. The summed E-state index contributed by atoms with van der Waals surface area (Å²) in [6.45, 7) is 6.49. The van der Waals surface area contributed by atoms with Gasteiger partial charge in [-0.3, -0.25) is 0 Å². The summed E-state index contributed by atoms with van der Waals surface area (Å²) < 4.78 is 13.8. The molecule has 0 aliphatic heterocycles. The summed E-state index contributed by atoms with van der Waals surface area (Å²) in [5, 5.41) is 4.52. The van der Waals surface area contributed by atoms with E-state index in [2.05, 4.69) is 17.2 Å². The minimum atomic E-state index is -0.346. The zero-order chi connectivity index (χ0) is 14.0. The predicted octanol–water partition coefficient (Wildman–Crippen LogP) is 4.40. The van der Waals surface area contributed by atoms with Crippen LogP contribution in [0.15, 0.2) is 18.2 Å². The molecule has 5 heteroatoms. The molecular weight excluding hydrogens is 283 g/mol. The number of benzene rings is 1. The summed E-state index contributed by atoms with van der Waals surface area (Å²) in [6, 6.07) is 5.20. The molecule has 0 saturated heterocycles. The van der Waals surface area contributed by atoms with Crippen LogP contribution in [0, 0.1) is 19.7 Å². The number of halogens is 2. The van der Waals surface area contributed by atoms with Crippen LogP contribution in [0.4, 0.5) is 4.39 Å². The van der Waals surface area contributed by atoms with Crippen molar-refractivity contribution < 1.29 is 4.39 Å². The fraction of sp³-hybridized carbons (Fsp3) is 0.357. The highest BCUT2D eigenvalue weighted by Gasteiger charge is 2.13. The first kappa shape index (κ1) is 14.4. The van der Waals surface area contributed by atoms with Gasteiger partial charge in [0.05, 0.1) is 15.7 Å². The van der Waals surface area contributed by atoms with Crippen molar-refractivity contribution in [3.05, 3.63) is 50.2 Å². The second-order valence-electron chi connectivity index (χ2n) is 4.50. The van der Waals surface area contributed by atoms with Gasteiger partial charge in [0.2, 0.25) is 0 Å². The molecule has 0 radical (unpaired) electrons. The molecule has 1 heterocycles. The lowest BCUT2D eigenvalue weighted by Gasteiger charge is -2.13. The first-order chi connectivity index (χ1) is 8.99. The Labute approximate surface area is 121 Å². The summed E-state index contributed by atoms with van der Waals surface area (Å²) in [4.78, 5) is 5.60. The highest BCUT2D eigenvalue weighted by atomic mass is 35.5. The largest absolute Gasteiger partial charge is 0.305 e. The van der Waals surface area contributed by atoms with Crippen LogP contribution in [0.3, 0.4) is 0 Å². The summed E-state index contributed by atoms with van der Waals surface area (Å²) >= 11 is 7.44. The van der Waals surface area contributed by atoms with E-state index in [1.807, 2.05) is 13.8 Å². The quantitative estimate of drug-likeness (QED) is 0.905. The van der Waals surface area contributed by atoms with Crippen LogP contribution < -0.4 is 5.32 Å². The number of aryl methyl sites for hydroxylation is 2. The second-order valence-corrected chi connectivity index (χ2v) is 6.14. The average molecular weight is 299 g/mol. The number of aromatic nitrogens is 1. The summed E-state index contributed by atoms with van der Waals surface area (Å²) in [6.07, 6.45) is 0. The molecule has 102 valence electrons. The van der Waals surface area contributed by atoms with Gasteiger partial charge in [-0.2, -0.15) is 0 Å². The topological polar surface area (TPSA) is 24.9 Å². The Kier molecular flexibility index (Phi) is 4.55. The number of nitrogens with zero attached hydrogens (tertiary/aromatic N) is 1. The van der Waals surface area contributed by atoms with E-state index in [0.29, 0.717) is 12.1 Å². The van der Waals surface area contributed by atoms with E-state index < -0.39 is 0 Å². The standard InChI is InChI=1S/C14H16ClFN2S/c1-8(14-9(2)18-10(3)19-14)17-7-11-5-4-6-12(15)13(11)16/h4-6,8,17H,7H2,1-3H3. The maximum atomic E-state index is 13.8. The Balaban J connectivity index is 2.06. The van der Waals surface area contributed by atoms with Crippen molar-refractivity contribution in [3.63, 3.8) is 0 Å². The van der Waals surface area contributed by atoms with Gasteiger partial charge >= 0.3 is 0 Å². The third-order valence-corrected chi connectivity index (χ3v) is 4.51. The molecule has 0 bridgehead atoms. The van der Waals surface area contributed by atoms with Crippen LogP contribution in [-0.4, -0.2) is 4.98 Å². The van der Waals surface area contributed by atoms with Gasteiger partial charge in [0, 0.05) is 23.0 Å². The number of nitrogens with one attached hydrogen (secondary N) is 1. The van der Waals surface area contributed by atoms with Gasteiger partial charge in [-0.25, -0.2) is 9.37 Å². The van der Waals surface area contributed by atoms with E-state index in [1.54, 1.807) is 29.5 Å². The lowest BCUT2D eigenvalue weighted by Crippen LogP contribution is -2.18. The average Bonchev–Trinajstić information content (AvgIpc) is 2.70. The molecular formula is C14H16ClFN2S. The molecule has 2 nitrogen and oxygen atoms in total. The molecule has 0 aliphatic carbocycles. The molecule has 0 amide bonds. The zero-order valence-corrected chi connectivity index (χ0v) is 12.7. The Morgan fingerprint density at radius 1 is 1.42 bits per heavy atom. The van der Waals surface area contributed by atoms with E-state index in [-0.39, 0.29) is 16.9 Å². The van der Waals surface area contributed by atoms with Crippen molar-refractivity contribution in [1.29, 1.82) is 0 Å². The van der Waals surface area contributed by atoms with Crippen LogP contribution in [0.5, 0.6) is 0 Å². The van der Waals surface area contributed by atoms with Gasteiger partial charge in [0.15, 0.2) is 0 Å². The Morgan fingerprint density at radius 3 is 2.79 bits per heavy atom. The molecule has 0 aliphatic rings. The van der Waals surface area contributed by atoms with Crippen LogP contribution in [0.25, 0.3) is 0 Å². The van der Waals surface area contributed by atoms with Crippen molar-refractivity contribution in [1.82, 2.24) is 10.3 Å². The van der Waals surface area contributed by atoms with Gasteiger partial charge in [-0.05, 0) is 26.8 Å². The third-order valence-electron chi connectivity index (χ3n) is 2.96. The maximum absolute atomic E-state index is 13.8. The van der Waals surface area contributed by atoms with Crippen molar-refractivity contribution in [2.75, 3.05) is 0 Å². The molecule has 1 N–H and O–H groups in total. The monoisotopic (exact) mass is 298 g/mol. The van der Waals surface area contributed by atoms with Gasteiger partial charge in [0.25, 0.3) is 0 Å². The van der Waals surface area contributed by atoms with Crippen molar-refractivity contribution in [2.24, 2.45) is 0 Å². The van der Waals surface area contributed by atoms with Crippen LogP contribution in [0.2, 0.25) is 5.02 Å². The molecule has 19 heavy (non-hydrogen) atoms. The second kappa shape index (κ2) is 5.99. The van der Waals surface area contributed by atoms with Crippen molar-refractivity contribution in [3.8, 4) is 0 Å². The van der Waals surface area contributed by atoms with E-state index in [4.69, 9.17) is 11.6 Å². The molecule has 2 rings (SSSR count). The summed E-state index contributed by atoms with van der Waals surface area (Å²) in [5.41, 5.74) is 1.62. The highest BCUT2D eigenvalue weighted by Crippen LogP contribution is 2.25. The molecule has 1 aromatic carbocycles. The fourth-order valence-electron chi connectivity index (χ4n) is 1.99. The smallest absolute Gasteiger partial charge is 0.146 e. The van der Waals surface area contributed by atoms with Crippen LogP contribution in [0.1, 0.15) is 34.1 Å². The van der Waals surface area contributed by atoms with Crippen LogP contribution >= 0.6 is 22.9 Å². The van der Waals surface area contributed by atoms with Crippen LogP contribution in [-0.2, 0) is 6.54 Å². The Hall–Kier alpha value is -0.970. The molecule has 1 aromatic heterocycles. The van der Waals surface area contributed by atoms with Gasteiger partial charge in [-0.1, -0.05) is 23.7 Å². The molecule has 1 unspecified atom stereocenters. The van der Waals surface area contributed by atoms with E-state index >= 15 is 0 Å². The third kappa shape index (κ3) is 3.32. The first-order valence-electron chi connectivity index (χ1n) is 6.09. The first-order valence-corrected chi connectivity index (χ1v) is 7.28. The zero-order valence-electron chi connectivity index (χ0n) is 11.1. The highest BCUT2D eigenvalue weighted by molar-refractivity contribution is 7.11. The number of rotatable bonds is 4. The Morgan fingerprint density at radius 2 is 2.16 bits per heavy atom. The number of hydrogen-bond donors (Lipinski definition) is 1. The maximum Gasteiger partial charge on any atom is 0.146 e. The van der Waals surface area contributed by atoms with E-state index in [0.717, 1.165) is 10.7 Å². The van der Waals surface area contributed by atoms with Gasteiger partial charge in [-0.15, -0.1) is 11.3 Å². The minimum absolute atomic E-state index is 0.143. The molecule has 0 saturated carbocycles.